The van der Waals surface area contributed by atoms with Gasteiger partial charge in [0.15, 0.2) is 4.47 Å². The first-order valence-corrected chi connectivity index (χ1v) is 5.63. The number of aromatic nitrogens is 1. The molecule has 3 heteroatoms. The summed E-state index contributed by atoms with van der Waals surface area (Å²) in [6, 6.07) is 0. The second-order valence-electron chi connectivity index (χ2n) is 3.35. The van der Waals surface area contributed by atoms with E-state index < -0.39 is 0 Å². The number of fused-ring (bicyclic) bond motifs is 1. The SMILES string of the molecule is CC[C@@H]1CCc2nc(Cl)sc2C1. The monoisotopic (exact) mass is 201 g/mol. The molecule has 1 heterocycles. The van der Waals surface area contributed by atoms with Crippen molar-refractivity contribution in [3.63, 3.8) is 0 Å². The number of rotatable bonds is 1. The van der Waals surface area contributed by atoms with Crippen molar-refractivity contribution in [2.75, 3.05) is 0 Å². The van der Waals surface area contributed by atoms with Crippen LogP contribution in [0.15, 0.2) is 0 Å². The summed E-state index contributed by atoms with van der Waals surface area (Å²) in [7, 11) is 0. The van der Waals surface area contributed by atoms with Gasteiger partial charge in [0.2, 0.25) is 0 Å². The Morgan fingerprint density at radius 2 is 2.50 bits per heavy atom. The first kappa shape index (κ1) is 8.52. The molecule has 1 aliphatic rings. The van der Waals surface area contributed by atoms with Gasteiger partial charge < -0.3 is 0 Å². The van der Waals surface area contributed by atoms with Crippen LogP contribution in [-0.2, 0) is 12.8 Å². The maximum Gasteiger partial charge on any atom is 0.184 e. The molecule has 0 unspecified atom stereocenters. The molecule has 1 aliphatic carbocycles. The predicted molar refractivity (Wildman–Crippen MR) is 52.9 cm³/mol. The average molecular weight is 202 g/mol. The highest BCUT2D eigenvalue weighted by Crippen LogP contribution is 2.32. The number of aryl methyl sites for hydroxylation is 1. The van der Waals surface area contributed by atoms with Gasteiger partial charge in [-0.25, -0.2) is 4.98 Å². The summed E-state index contributed by atoms with van der Waals surface area (Å²) in [4.78, 5) is 5.73. The van der Waals surface area contributed by atoms with Gasteiger partial charge in [-0.1, -0.05) is 24.9 Å². The van der Waals surface area contributed by atoms with E-state index in [0.29, 0.717) is 0 Å². The summed E-state index contributed by atoms with van der Waals surface area (Å²) in [5.74, 6) is 0.869. The number of nitrogens with zero attached hydrogens (tertiary/aromatic N) is 1. The van der Waals surface area contributed by atoms with Crippen molar-refractivity contribution in [1.29, 1.82) is 0 Å². The topological polar surface area (TPSA) is 12.9 Å². The Kier molecular flexibility index (Phi) is 2.37. The van der Waals surface area contributed by atoms with Crippen molar-refractivity contribution in [3.05, 3.63) is 15.0 Å². The lowest BCUT2D eigenvalue weighted by Gasteiger charge is -2.18. The second-order valence-corrected chi connectivity index (χ2v) is 5.02. The lowest BCUT2D eigenvalue weighted by atomic mass is 9.89. The van der Waals surface area contributed by atoms with Crippen molar-refractivity contribution in [2.45, 2.75) is 32.6 Å². The molecule has 12 heavy (non-hydrogen) atoms. The minimum absolute atomic E-state index is 0.719. The van der Waals surface area contributed by atoms with E-state index in [1.54, 1.807) is 11.3 Å². The molecule has 66 valence electrons. The molecule has 0 radical (unpaired) electrons. The summed E-state index contributed by atoms with van der Waals surface area (Å²) in [6.07, 6.45) is 4.92. The quantitative estimate of drug-likeness (QED) is 0.680. The zero-order valence-corrected chi connectivity index (χ0v) is 8.71. The highest BCUT2D eigenvalue weighted by molar-refractivity contribution is 7.15. The molecule has 0 bridgehead atoms. The second kappa shape index (κ2) is 3.35. The van der Waals surface area contributed by atoms with Crippen LogP contribution in [-0.4, -0.2) is 4.98 Å². The van der Waals surface area contributed by atoms with Gasteiger partial charge in [0, 0.05) is 4.88 Å². The Hall–Kier alpha value is -0.0800. The van der Waals surface area contributed by atoms with Crippen LogP contribution >= 0.6 is 22.9 Å². The normalized spacial score (nSPS) is 22.3. The van der Waals surface area contributed by atoms with Crippen molar-refractivity contribution in [2.24, 2.45) is 5.92 Å². The van der Waals surface area contributed by atoms with E-state index in [-0.39, 0.29) is 0 Å². The molecule has 1 nitrogen and oxygen atoms in total. The molecule has 0 spiro atoms. The van der Waals surface area contributed by atoms with Gasteiger partial charge in [-0.2, -0.15) is 0 Å². The van der Waals surface area contributed by atoms with Gasteiger partial charge in [-0.05, 0) is 25.2 Å². The van der Waals surface area contributed by atoms with Crippen LogP contribution in [0.3, 0.4) is 0 Å². The molecule has 0 aromatic carbocycles. The van der Waals surface area contributed by atoms with Gasteiger partial charge >= 0.3 is 0 Å². The standard InChI is InChI=1S/C9H12ClNS/c1-2-6-3-4-7-8(5-6)12-9(10)11-7/h6H,2-5H2,1H3/t6-/m1/s1. The third kappa shape index (κ3) is 1.50. The zero-order chi connectivity index (χ0) is 8.55. The fourth-order valence-electron chi connectivity index (χ4n) is 1.76. The highest BCUT2D eigenvalue weighted by Gasteiger charge is 2.20. The lowest BCUT2D eigenvalue weighted by Crippen LogP contribution is -2.11. The predicted octanol–water partition coefficient (Wildman–Crippen LogP) is 3.31. The van der Waals surface area contributed by atoms with Gasteiger partial charge in [-0.3, -0.25) is 0 Å². The molecule has 0 saturated heterocycles. The van der Waals surface area contributed by atoms with E-state index in [2.05, 4.69) is 11.9 Å². The molecule has 0 amide bonds. The van der Waals surface area contributed by atoms with Crippen LogP contribution in [0, 0.1) is 5.92 Å². The minimum atomic E-state index is 0.719. The highest BCUT2D eigenvalue weighted by atomic mass is 35.5. The first-order chi connectivity index (χ1) is 5.79. The van der Waals surface area contributed by atoms with E-state index in [1.165, 1.54) is 29.8 Å². The summed E-state index contributed by atoms with van der Waals surface area (Å²) in [5, 5.41) is 0. The molecule has 1 atom stereocenters. The Labute approximate surface area is 81.8 Å². The van der Waals surface area contributed by atoms with Gasteiger partial charge in [0.1, 0.15) is 0 Å². The molecule has 2 rings (SSSR count). The van der Waals surface area contributed by atoms with Gasteiger partial charge in [-0.15, -0.1) is 11.3 Å². The fraction of sp³-hybridized carbons (Fsp3) is 0.667. The Bertz CT molecular complexity index is 282. The van der Waals surface area contributed by atoms with Crippen LogP contribution in [0.2, 0.25) is 4.47 Å². The van der Waals surface area contributed by atoms with Crippen LogP contribution in [0.4, 0.5) is 0 Å². The van der Waals surface area contributed by atoms with E-state index in [9.17, 15) is 0 Å². The molecule has 0 aliphatic heterocycles. The number of hydrogen-bond acceptors (Lipinski definition) is 2. The summed E-state index contributed by atoms with van der Waals surface area (Å²) in [5.41, 5.74) is 1.26. The van der Waals surface area contributed by atoms with E-state index in [0.717, 1.165) is 16.8 Å². The molecule has 0 fully saturated rings. The van der Waals surface area contributed by atoms with Crippen LogP contribution < -0.4 is 0 Å². The van der Waals surface area contributed by atoms with Crippen molar-refractivity contribution in [1.82, 2.24) is 4.98 Å². The lowest BCUT2D eigenvalue weighted by molar-refractivity contribution is 0.446. The van der Waals surface area contributed by atoms with Gasteiger partial charge in [0.25, 0.3) is 0 Å². The number of thiazole rings is 1. The largest absolute Gasteiger partial charge is 0.230 e. The van der Waals surface area contributed by atoms with Crippen molar-refractivity contribution >= 4 is 22.9 Å². The molecule has 0 N–H and O–H groups in total. The molecule has 0 saturated carbocycles. The molecular formula is C9H12ClNS. The van der Waals surface area contributed by atoms with E-state index >= 15 is 0 Å². The Morgan fingerprint density at radius 1 is 1.67 bits per heavy atom. The van der Waals surface area contributed by atoms with Crippen LogP contribution in [0.5, 0.6) is 0 Å². The molecular weight excluding hydrogens is 190 g/mol. The smallest absolute Gasteiger partial charge is 0.184 e. The van der Waals surface area contributed by atoms with Crippen LogP contribution in [0.1, 0.15) is 30.3 Å². The Morgan fingerprint density at radius 3 is 3.25 bits per heavy atom. The molecule has 1 aromatic rings. The minimum Gasteiger partial charge on any atom is -0.230 e. The third-order valence-electron chi connectivity index (χ3n) is 2.59. The first-order valence-electron chi connectivity index (χ1n) is 4.43. The maximum absolute atomic E-state index is 5.85. The number of halogens is 1. The third-order valence-corrected chi connectivity index (χ3v) is 3.82. The number of hydrogen-bond donors (Lipinski definition) is 0. The fourth-order valence-corrected chi connectivity index (χ4v) is 3.09. The van der Waals surface area contributed by atoms with E-state index in [1.807, 2.05) is 0 Å². The van der Waals surface area contributed by atoms with Crippen molar-refractivity contribution in [3.8, 4) is 0 Å². The van der Waals surface area contributed by atoms with Crippen LogP contribution in [0.25, 0.3) is 0 Å². The van der Waals surface area contributed by atoms with Gasteiger partial charge in [0.05, 0.1) is 5.69 Å². The van der Waals surface area contributed by atoms with E-state index in [4.69, 9.17) is 11.6 Å². The maximum atomic E-state index is 5.85. The zero-order valence-electron chi connectivity index (χ0n) is 7.14. The average Bonchev–Trinajstić information content (AvgIpc) is 2.43. The summed E-state index contributed by atoms with van der Waals surface area (Å²) >= 11 is 7.51. The molecule has 1 aromatic heterocycles. The summed E-state index contributed by atoms with van der Waals surface area (Å²) in [6.45, 7) is 2.26. The van der Waals surface area contributed by atoms with Crippen molar-refractivity contribution < 1.29 is 0 Å². The summed E-state index contributed by atoms with van der Waals surface area (Å²) < 4.78 is 0.719. The Balaban J connectivity index is 2.22.